The number of benzene rings is 2. The maximum absolute atomic E-state index is 3.74. The molecule has 0 amide bonds. The molecule has 2 atom stereocenters. The Morgan fingerprint density at radius 3 is 2.37 bits per heavy atom. The Labute approximate surface area is 115 Å². The summed E-state index contributed by atoms with van der Waals surface area (Å²) >= 11 is 0. The smallest absolute Gasteiger partial charge is 0.0349 e. The van der Waals surface area contributed by atoms with Crippen molar-refractivity contribution in [3.63, 3.8) is 0 Å². The topological polar surface area (TPSA) is 12.0 Å². The molecule has 2 aromatic rings. The molecule has 1 heterocycles. The highest BCUT2D eigenvalue weighted by atomic mass is 14.9. The van der Waals surface area contributed by atoms with E-state index in [1.807, 2.05) is 0 Å². The molecule has 0 aliphatic carbocycles. The first-order valence-corrected chi connectivity index (χ1v) is 7.19. The Bertz CT molecular complexity index is 532. The van der Waals surface area contributed by atoms with Crippen LogP contribution in [0.25, 0.3) is 0 Å². The largest absolute Gasteiger partial charge is 0.306 e. The average molecular weight is 251 g/mol. The van der Waals surface area contributed by atoms with Crippen LogP contribution in [0, 0.1) is 5.92 Å². The lowest BCUT2D eigenvalue weighted by Gasteiger charge is -2.29. The summed E-state index contributed by atoms with van der Waals surface area (Å²) < 4.78 is 0. The zero-order chi connectivity index (χ0) is 13.1. The van der Waals surface area contributed by atoms with Crippen LogP contribution in [-0.4, -0.2) is 0 Å². The molecule has 1 N–H and O–H groups in total. The van der Waals surface area contributed by atoms with Crippen LogP contribution < -0.4 is 5.32 Å². The summed E-state index contributed by atoms with van der Waals surface area (Å²) in [5.74, 6) is 0.663. The minimum absolute atomic E-state index is 0.467. The van der Waals surface area contributed by atoms with Crippen LogP contribution in [0.3, 0.4) is 0 Å². The third-order valence-electron chi connectivity index (χ3n) is 4.23. The van der Waals surface area contributed by atoms with Crippen molar-refractivity contribution in [3.8, 4) is 0 Å². The summed E-state index contributed by atoms with van der Waals surface area (Å²) in [6, 6.07) is 20.1. The molecule has 2 unspecified atom stereocenters. The Hall–Kier alpha value is -1.60. The number of nitrogens with one attached hydrogen (secondary N) is 1. The zero-order valence-electron chi connectivity index (χ0n) is 11.5. The van der Waals surface area contributed by atoms with Gasteiger partial charge in [-0.15, -0.1) is 0 Å². The highest BCUT2D eigenvalue weighted by Gasteiger charge is 2.21. The first-order valence-electron chi connectivity index (χ1n) is 7.19. The van der Waals surface area contributed by atoms with E-state index in [1.54, 1.807) is 0 Å². The number of aryl methyl sites for hydroxylation is 1. The fourth-order valence-corrected chi connectivity index (χ4v) is 3.05. The molecule has 0 saturated carbocycles. The predicted octanol–water partition coefficient (Wildman–Crippen LogP) is 4.10. The van der Waals surface area contributed by atoms with Gasteiger partial charge in [0.15, 0.2) is 0 Å². The minimum atomic E-state index is 0.467. The normalized spacial score (nSPS) is 23.2. The van der Waals surface area contributed by atoms with E-state index in [-0.39, 0.29) is 0 Å². The summed E-state index contributed by atoms with van der Waals surface area (Å²) in [6.07, 6.45) is 2.44. The summed E-state index contributed by atoms with van der Waals surface area (Å²) in [5.41, 5.74) is 4.37. The van der Waals surface area contributed by atoms with Crippen molar-refractivity contribution in [1.82, 2.24) is 5.32 Å². The molecular weight excluding hydrogens is 230 g/mol. The fraction of sp³-hybridized carbons (Fsp3) is 0.333. The molecule has 3 rings (SSSR count). The lowest BCUT2D eigenvalue weighted by molar-refractivity contribution is 0.354. The van der Waals surface area contributed by atoms with Gasteiger partial charge in [-0.3, -0.25) is 0 Å². The van der Waals surface area contributed by atoms with E-state index in [9.17, 15) is 0 Å². The minimum Gasteiger partial charge on any atom is -0.306 e. The van der Waals surface area contributed by atoms with Crippen LogP contribution in [0.2, 0.25) is 0 Å². The standard InChI is InChI=1S/C18H21N/c1-14-11-12-15-7-5-6-10-17(15)13-19-18(14)16-8-3-2-4-9-16/h2-10,14,18-19H,11-13H2,1H3. The van der Waals surface area contributed by atoms with Gasteiger partial charge in [-0.1, -0.05) is 61.5 Å². The first kappa shape index (κ1) is 12.4. The van der Waals surface area contributed by atoms with E-state index >= 15 is 0 Å². The lowest BCUT2D eigenvalue weighted by atomic mass is 9.86. The molecule has 0 bridgehead atoms. The van der Waals surface area contributed by atoms with Gasteiger partial charge in [-0.2, -0.15) is 0 Å². The van der Waals surface area contributed by atoms with Gasteiger partial charge in [-0.25, -0.2) is 0 Å². The molecule has 0 radical (unpaired) electrons. The van der Waals surface area contributed by atoms with Gasteiger partial charge >= 0.3 is 0 Å². The second kappa shape index (κ2) is 5.58. The maximum Gasteiger partial charge on any atom is 0.0349 e. The van der Waals surface area contributed by atoms with Gasteiger partial charge in [0.1, 0.15) is 0 Å². The van der Waals surface area contributed by atoms with Crippen molar-refractivity contribution in [2.75, 3.05) is 0 Å². The van der Waals surface area contributed by atoms with Gasteiger partial charge in [0, 0.05) is 12.6 Å². The first-order chi connectivity index (χ1) is 9.34. The van der Waals surface area contributed by atoms with Crippen LogP contribution in [0.15, 0.2) is 54.6 Å². The second-order valence-electron chi connectivity index (χ2n) is 5.55. The molecule has 1 aliphatic heterocycles. The van der Waals surface area contributed by atoms with Gasteiger partial charge in [0.25, 0.3) is 0 Å². The third-order valence-corrected chi connectivity index (χ3v) is 4.23. The van der Waals surface area contributed by atoms with Gasteiger partial charge in [0.2, 0.25) is 0 Å². The van der Waals surface area contributed by atoms with E-state index < -0.39 is 0 Å². The molecule has 0 spiro atoms. The molecule has 19 heavy (non-hydrogen) atoms. The van der Waals surface area contributed by atoms with E-state index in [1.165, 1.54) is 29.5 Å². The quantitative estimate of drug-likeness (QED) is 0.804. The molecule has 0 aromatic heterocycles. The zero-order valence-corrected chi connectivity index (χ0v) is 11.5. The molecule has 0 saturated heterocycles. The van der Waals surface area contributed by atoms with E-state index in [0.717, 1.165) is 6.54 Å². The molecule has 0 fully saturated rings. The van der Waals surface area contributed by atoms with Crippen LogP contribution in [0.5, 0.6) is 0 Å². The second-order valence-corrected chi connectivity index (χ2v) is 5.55. The van der Waals surface area contributed by atoms with Crippen molar-refractivity contribution in [1.29, 1.82) is 0 Å². The highest BCUT2D eigenvalue weighted by Crippen LogP contribution is 2.29. The number of hydrogen-bond donors (Lipinski definition) is 1. The fourth-order valence-electron chi connectivity index (χ4n) is 3.05. The Kier molecular flexibility index (Phi) is 3.65. The SMILES string of the molecule is CC1CCc2ccccc2CNC1c1ccccc1. The monoisotopic (exact) mass is 251 g/mol. The highest BCUT2D eigenvalue weighted by molar-refractivity contribution is 5.29. The summed E-state index contributed by atoms with van der Waals surface area (Å²) in [5, 5.41) is 3.74. The third kappa shape index (κ3) is 2.71. The Morgan fingerprint density at radius 1 is 0.895 bits per heavy atom. The predicted molar refractivity (Wildman–Crippen MR) is 79.9 cm³/mol. The lowest BCUT2D eigenvalue weighted by Crippen LogP contribution is -2.29. The van der Waals surface area contributed by atoms with Crippen LogP contribution >= 0.6 is 0 Å². The molecule has 98 valence electrons. The number of fused-ring (bicyclic) bond motifs is 1. The van der Waals surface area contributed by atoms with E-state index in [0.29, 0.717) is 12.0 Å². The van der Waals surface area contributed by atoms with Crippen molar-refractivity contribution in [2.45, 2.75) is 32.4 Å². The van der Waals surface area contributed by atoms with Crippen LogP contribution in [-0.2, 0) is 13.0 Å². The van der Waals surface area contributed by atoms with Crippen molar-refractivity contribution in [2.24, 2.45) is 5.92 Å². The van der Waals surface area contributed by atoms with E-state index in [4.69, 9.17) is 0 Å². The molecule has 2 aromatic carbocycles. The summed E-state index contributed by atoms with van der Waals surface area (Å²) in [4.78, 5) is 0. The molecular formula is C18H21N. The average Bonchev–Trinajstić information content (AvgIpc) is 2.45. The van der Waals surface area contributed by atoms with E-state index in [2.05, 4.69) is 66.8 Å². The van der Waals surface area contributed by atoms with Crippen molar-refractivity contribution in [3.05, 3.63) is 71.3 Å². The molecule has 1 aliphatic rings. The Balaban J connectivity index is 1.86. The summed E-state index contributed by atoms with van der Waals surface area (Å²) in [7, 11) is 0. The Morgan fingerprint density at radius 2 is 1.58 bits per heavy atom. The van der Waals surface area contributed by atoms with Crippen molar-refractivity contribution >= 4 is 0 Å². The van der Waals surface area contributed by atoms with Crippen molar-refractivity contribution < 1.29 is 0 Å². The summed E-state index contributed by atoms with van der Waals surface area (Å²) in [6.45, 7) is 3.33. The molecule has 1 heteroatoms. The molecule has 1 nitrogen and oxygen atoms in total. The van der Waals surface area contributed by atoms with Gasteiger partial charge in [0.05, 0.1) is 0 Å². The van der Waals surface area contributed by atoms with Crippen LogP contribution in [0.1, 0.15) is 36.1 Å². The number of hydrogen-bond acceptors (Lipinski definition) is 1. The number of rotatable bonds is 1. The maximum atomic E-state index is 3.74. The van der Waals surface area contributed by atoms with Gasteiger partial charge < -0.3 is 5.32 Å². The van der Waals surface area contributed by atoms with Gasteiger partial charge in [-0.05, 0) is 35.4 Å². The van der Waals surface area contributed by atoms with Crippen LogP contribution in [0.4, 0.5) is 0 Å².